The van der Waals surface area contributed by atoms with Crippen molar-refractivity contribution in [3.8, 4) is 6.07 Å². The highest BCUT2D eigenvalue weighted by Gasteiger charge is 2.08. The lowest BCUT2D eigenvalue weighted by Gasteiger charge is -2.02. The molecule has 0 unspecified atom stereocenters. The van der Waals surface area contributed by atoms with Crippen LogP contribution in [0.3, 0.4) is 0 Å². The van der Waals surface area contributed by atoms with Crippen LogP contribution in [0.5, 0.6) is 0 Å². The van der Waals surface area contributed by atoms with E-state index in [4.69, 9.17) is 10.4 Å². The Morgan fingerprint density at radius 2 is 2.17 bits per heavy atom. The fourth-order valence-electron chi connectivity index (χ4n) is 1.35. The summed E-state index contributed by atoms with van der Waals surface area (Å²) in [7, 11) is 0. The molecule has 0 aliphatic carbocycles. The van der Waals surface area contributed by atoms with Gasteiger partial charge in [-0.1, -0.05) is 12.1 Å². The minimum atomic E-state index is -1.04. The molecule has 0 radical (unpaired) electrons. The van der Waals surface area contributed by atoms with Gasteiger partial charge in [0.15, 0.2) is 10.8 Å². The summed E-state index contributed by atoms with van der Waals surface area (Å²) >= 11 is 1.23. The average molecular weight is 259 g/mol. The van der Waals surface area contributed by atoms with Crippen molar-refractivity contribution in [1.82, 2.24) is 4.98 Å². The molecule has 0 atom stereocenters. The molecule has 0 bridgehead atoms. The number of aromatic nitrogens is 1. The molecule has 2 N–H and O–H groups in total. The van der Waals surface area contributed by atoms with E-state index in [0.717, 1.165) is 11.3 Å². The van der Waals surface area contributed by atoms with Gasteiger partial charge in [-0.15, -0.1) is 11.3 Å². The number of nitriles is 1. The highest BCUT2D eigenvalue weighted by molar-refractivity contribution is 7.14. The second-order valence-electron chi connectivity index (χ2n) is 3.50. The summed E-state index contributed by atoms with van der Waals surface area (Å²) in [6, 6.07) is 9.42. The Balaban J connectivity index is 2.08. The van der Waals surface area contributed by atoms with Crippen LogP contribution < -0.4 is 5.32 Å². The number of rotatable bonds is 4. The van der Waals surface area contributed by atoms with Crippen LogP contribution in [0.1, 0.15) is 16.1 Å². The lowest BCUT2D eigenvalue weighted by atomic mass is 10.1. The molecule has 0 aliphatic heterocycles. The smallest absolute Gasteiger partial charge is 0.355 e. The average Bonchev–Trinajstić information content (AvgIpc) is 2.81. The van der Waals surface area contributed by atoms with Gasteiger partial charge in [0.25, 0.3) is 0 Å². The fourth-order valence-corrected chi connectivity index (χ4v) is 2.05. The van der Waals surface area contributed by atoms with Crippen molar-refractivity contribution in [3.05, 3.63) is 40.9 Å². The van der Waals surface area contributed by atoms with Crippen molar-refractivity contribution in [3.63, 3.8) is 0 Å². The van der Waals surface area contributed by atoms with Gasteiger partial charge in [-0.3, -0.25) is 0 Å². The van der Waals surface area contributed by atoms with Crippen molar-refractivity contribution < 1.29 is 9.90 Å². The Morgan fingerprint density at radius 3 is 2.72 bits per heavy atom. The molecule has 90 valence electrons. The van der Waals surface area contributed by atoms with Crippen LogP contribution in [0.15, 0.2) is 29.6 Å². The molecule has 0 aliphatic rings. The third-order valence-electron chi connectivity index (χ3n) is 2.21. The number of benzene rings is 1. The number of carboxylic acid groups (broad SMARTS) is 1. The molecular weight excluding hydrogens is 250 g/mol. The van der Waals surface area contributed by atoms with Crippen molar-refractivity contribution in [2.24, 2.45) is 0 Å². The maximum Gasteiger partial charge on any atom is 0.355 e. The molecule has 0 saturated heterocycles. The van der Waals surface area contributed by atoms with E-state index in [1.165, 1.54) is 16.7 Å². The number of nitrogens with one attached hydrogen (secondary N) is 1. The lowest BCUT2D eigenvalue weighted by molar-refractivity contribution is 0.0691. The number of hydrogen-bond acceptors (Lipinski definition) is 5. The number of carboxylic acids is 1. The molecule has 1 heterocycles. The van der Waals surface area contributed by atoms with Crippen LogP contribution in [0.2, 0.25) is 0 Å². The van der Waals surface area contributed by atoms with E-state index in [1.54, 1.807) is 0 Å². The summed E-state index contributed by atoms with van der Waals surface area (Å²) in [6.07, 6.45) is 0.376. The Hall–Kier alpha value is -2.39. The first-order valence-corrected chi connectivity index (χ1v) is 5.99. The van der Waals surface area contributed by atoms with Gasteiger partial charge in [0.05, 0.1) is 12.5 Å². The topological polar surface area (TPSA) is 86.0 Å². The van der Waals surface area contributed by atoms with E-state index in [-0.39, 0.29) is 5.69 Å². The molecule has 2 rings (SSSR count). The summed E-state index contributed by atoms with van der Waals surface area (Å²) in [5.41, 5.74) is 1.78. The lowest BCUT2D eigenvalue weighted by Crippen LogP contribution is -1.97. The van der Waals surface area contributed by atoms with Gasteiger partial charge in [0, 0.05) is 11.1 Å². The van der Waals surface area contributed by atoms with Gasteiger partial charge in [0.1, 0.15) is 0 Å². The van der Waals surface area contributed by atoms with E-state index in [0.29, 0.717) is 11.6 Å². The van der Waals surface area contributed by atoms with Crippen molar-refractivity contribution in [2.75, 3.05) is 5.32 Å². The Bertz CT molecular complexity index is 599. The Morgan fingerprint density at radius 1 is 1.44 bits per heavy atom. The SMILES string of the molecule is N#CCc1ccc(Nc2nc(C(=O)O)cs2)cc1. The monoisotopic (exact) mass is 259 g/mol. The summed E-state index contributed by atoms with van der Waals surface area (Å²) in [6.45, 7) is 0. The maximum absolute atomic E-state index is 10.7. The van der Waals surface area contributed by atoms with Crippen LogP contribution in [-0.2, 0) is 6.42 Å². The van der Waals surface area contributed by atoms with Gasteiger partial charge in [-0.25, -0.2) is 9.78 Å². The molecule has 2 aromatic rings. The normalized spacial score (nSPS) is 9.72. The van der Waals surface area contributed by atoms with Gasteiger partial charge in [-0.2, -0.15) is 5.26 Å². The predicted molar refractivity (Wildman–Crippen MR) is 68.1 cm³/mol. The third-order valence-corrected chi connectivity index (χ3v) is 2.97. The number of aromatic carboxylic acids is 1. The summed E-state index contributed by atoms with van der Waals surface area (Å²) in [4.78, 5) is 14.6. The van der Waals surface area contributed by atoms with Crippen LogP contribution in [0.4, 0.5) is 10.8 Å². The predicted octanol–water partition coefficient (Wildman–Crippen LogP) is 2.65. The molecule has 1 aromatic carbocycles. The van der Waals surface area contributed by atoms with Crippen molar-refractivity contribution >= 4 is 28.1 Å². The van der Waals surface area contributed by atoms with E-state index in [9.17, 15) is 4.79 Å². The molecule has 0 spiro atoms. The molecule has 0 fully saturated rings. The molecule has 18 heavy (non-hydrogen) atoms. The van der Waals surface area contributed by atoms with Gasteiger partial charge < -0.3 is 10.4 Å². The molecule has 6 heteroatoms. The quantitative estimate of drug-likeness (QED) is 0.881. The van der Waals surface area contributed by atoms with Crippen LogP contribution in [0.25, 0.3) is 0 Å². The zero-order chi connectivity index (χ0) is 13.0. The summed E-state index contributed by atoms with van der Waals surface area (Å²) < 4.78 is 0. The first-order valence-electron chi connectivity index (χ1n) is 5.11. The van der Waals surface area contributed by atoms with Gasteiger partial charge in [-0.05, 0) is 17.7 Å². The Labute approximate surface area is 107 Å². The number of nitrogens with zero attached hydrogens (tertiary/aromatic N) is 2. The van der Waals surface area contributed by atoms with Gasteiger partial charge >= 0.3 is 5.97 Å². The van der Waals surface area contributed by atoms with E-state index in [2.05, 4.69) is 16.4 Å². The third kappa shape index (κ3) is 2.84. The zero-order valence-electron chi connectivity index (χ0n) is 9.25. The highest BCUT2D eigenvalue weighted by atomic mass is 32.1. The molecule has 0 amide bonds. The second-order valence-corrected chi connectivity index (χ2v) is 4.36. The van der Waals surface area contributed by atoms with Crippen molar-refractivity contribution in [1.29, 1.82) is 5.26 Å². The van der Waals surface area contributed by atoms with Crippen LogP contribution in [0, 0.1) is 11.3 Å². The number of carbonyl (C=O) groups is 1. The van der Waals surface area contributed by atoms with E-state index in [1.807, 2.05) is 24.3 Å². The zero-order valence-corrected chi connectivity index (χ0v) is 10.1. The Kier molecular flexibility index (Phi) is 3.55. The molecular formula is C12H9N3O2S. The highest BCUT2D eigenvalue weighted by Crippen LogP contribution is 2.21. The van der Waals surface area contributed by atoms with Gasteiger partial charge in [0.2, 0.25) is 0 Å². The summed E-state index contributed by atoms with van der Waals surface area (Å²) in [5.74, 6) is -1.04. The minimum Gasteiger partial charge on any atom is -0.476 e. The fraction of sp³-hybridized carbons (Fsp3) is 0.0833. The number of anilines is 2. The molecule has 1 aromatic heterocycles. The largest absolute Gasteiger partial charge is 0.476 e. The molecule has 0 saturated carbocycles. The molecule has 5 nitrogen and oxygen atoms in total. The minimum absolute atomic E-state index is 0.0311. The van der Waals surface area contributed by atoms with Crippen molar-refractivity contribution in [2.45, 2.75) is 6.42 Å². The first kappa shape index (κ1) is 12.1. The second kappa shape index (κ2) is 5.29. The van der Waals surface area contributed by atoms with E-state index < -0.39 is 5.97 Å². The number of thiazole rings is 1. The van der Waals surface area contributed by atoms with E-state index >= 15 is 0 Å². The standard InChI is InChI=1S/C12H9N3O2S/c13-6-5-8-1-3-9(4-2-8)14-12-15-10(7-18-12)11(16)17/h1-4,7H,5H2,(H,14,15)(H,16,17). The summed E-state index contributed by atoms with van der Waals surface area (Å²) in [5, 5.41) is 22.3. The van der Waals surface area contributed by atoms with Crippen LogP contribution >= 0.6 is 11.3 Å². The number of hydrogen-bond donors (Lipinski definition) is 2. The van der Waals surface area contributed by atoms with Crippen LogP contribution in [-0.4, -0.2) is 16.1 Å². The maximum atomic E-state index is 10.7. The first-order chi connectivity index (χ1) is 8.69.